The molecule has 0 aromatic heterocycles. The lowest BCUT2D eigenvalue weighted by Crippen LogP contribution is -1.94. The Labute approximate surface area is 155 Å². The van der Waals surface area contributed by atoms with Gasteiger partial charge in [-0.25, -0.2) is 0 Å². The largest absolute Gasteiger partial charge is 0.481 e. The maximum absolute atomic E-state index is 10.6. The van der Waals surface area contributed by atoms with Crippen LogP contribution in [0.1, 0.15) is 40.5 Å². The van der Waals surface area contributed by atoms with Crippen molar-refractivity contribution in [3.63, 3.8) is 0 Å². The summed E-state index contributed by atoms with van der Waals surface area (Å²) < 4.78 is 0. The highest BCUT2D eigenvalue weighted by Gasteiger charge is 1.96. The number of carbonyl (C=O) groups is 2. The van der Waals surface area contributed by atoms with Crippen LogP contribution < -0.4 is 0 Å². The number of carboxylic acids is 2. The molecule has 0 saturated heterocycles. The first-order chi connectivity index (χ1) is 12.2. The molecule has 0 radical (unpaired) electrons. The highest BCUT2D eigenvalue weighted by molar-refractivity contribution is 5.70. The van der Waals surface area contributed by atoms with E-state index in [0.29, 0.717) is 0 Å². The molecule has 2 N–H and O–H groups in total. The third-order valence-electron chi connectivity index (χ3n) is 3.17. The molecule has 0 aliphatic carbocycles. The predicted molar refractivity (Wildman–Crippen MR) is 107 cm³/mol. The van der Waals surface area contributed by atoms with E-state index in [1.54, 1.807) is 26.0 Å². The van der Waals surface area contributed by atoms with Gasteiger partial charge in [0.1, 0.15) is 0 Å². The summed E-state index contributed by atoms with van der Waals surface area (Å²) in [6.07, 6.45) is 19.0. The zero-order chi connectivity index (χ0) is 19.9. The van der Waals surface area contributed by atoms with Gasteiger partial charge in [-0.2, -0.15) is 0 Å². The Bertz CT molecular complexity index is 636. The SMILES string of the molecule is CC(/C=C/C=C(\C)CC(=O)O)=C\C=C\C=C(C)\C=C\C=C(/C)CC(=O)O. The monoisotopic (exact) mass is 356 g/mol. The van der Waals surface area contributed by atoms with Crippen LogP contribution in [-0.2, 0) is 9.59 Å². The zero-order valence-corrected chi connectivity index (χ0v) is 15.9. The lowest BCUT2D eigenvalue weighted by atomic mass is 10.1. The summed E-state index contributed by atoms with van der Waals surface area (Å²) in [5.74, 6) is -1.66. The molecular weight excluding hydrogens is 328 g/mol. The second kappa shape index (κ2) is 13.4. The quantitative estimate of drug-likeness (QED) is 0.515. The number of aliphatic carboxylic acids is 2. The summed E-state index contributed by atoms with van der Waals surface area (Å²) in [4.78, 5) is 21.1. The Balaban J connectivity index is 4.57. The van der Waals surface area contributed by atoms with Crippen LogP contribution in [0.3, 0.4) is 0 Å². The van der Waals surface area contributed by atoms with Crippen LogP contribution in [0.4, 0.5) is 0 Å². The average Bonchev–Trinajstić information content (AvgIpc) is 2.50. The van der Waals surface area contributed by atoms with Crippen molar-refractivity contribution >= 4 is 11.9 Å². The van der Waals surface area contributed by atoms with E-state index in [1.807, 2.05) is 62.5 Å². The van der Waals surface area contributed by atoms with E-state index in [4.69, 9.17) is 10.2 Å². The van der Waals surface area contributed by atoms with Gasteiger partial charge in [-0.15, -0.1) is 0 Å². The normalized spacial score (nSPS) is 14.8. The molecule has 0 fully saturated rings. The van der Waals surface area contributed by atoms with Gasteiger partial charge in [0.05, 0.1) is 12.8 Å². The topological polar surface area (TPSA) is 74.6 Å². The first kappa shape index (κ1) is 23.1. The number of hydrogen-bond acceptors (Lipinski definition) is 2. The maximum Gasteiger partial charge on any atom is 0.307 e. The van der Waals surface area contributed by atoms with Crippen molar-refractivity contribution in [3.8, 4) is 0 Å². The van der Waals surface area contributed by atoms with Gasteiger partial charge in [-0.1, -0.05) is 83.1 Å². The minimum atomic E-state index is -0.828. The summed E-state index contributed by atoms with van der Waals surface area (Å²) >= 11 is 0. The van der Waals surface area contributed by atoms with Gasteiger partial charge in [0.25, 0.3) is 0 Å². The molecule has 0 unspecified atom stereocenters. The van der Waals surface area contributed by atoms with Gasteiger partial charge in [-0.3, -0.25) is 9.59 Å². The molecular formula is C22H28O4. The second-order valence-electron chi connectivity index (χ2n) is 6.09. The fourth-order valence-electron chi connectivity index (χ4n) is 1.85. The average molecular weight is 356 g/mol. The Morgan fingerprint density at radius 1 is 0.615 bits per heavy atom. The van der Waals surface area contributed by atoms with Crippen molar-refractivity contribution < 1.29 is 19.8 Å². The van der Waals surface area contributed by atoms with Gasteiger partial charge >= 0.3 is 11.9 Å². The molecule has 0 aromatic carbocycles. The van der Waals surface area contributed by atoms with E-state index in [9.17, 15) is 9.59 Å². The van der Waals surface area contributed by atoms with E-state index in [1.165, 1.54) is 0 Å². The molecule has 0 aliphatic heterocycles. The molecule has 0 saturated carbocycles. The molecule has 140 valence electrons. The van der Waals surface area contributed by atoms with Crippen LogP contribution >= 0.6 is 0 Å². The lowest BCUT2D eigenvalue weighted by Gasteiger charge is -1.93. The van der Waals surface area contributed by atoms with Crippen molar-refractivity contribution in [3.05, 3.63) is 83.1 Å². The van der Waals surface area contributed by atoms with Crippen molar-refractivity contribution in [2.45, 2.75) is 40.5 Å². The number of rotatable bonds is 10. The number of hydrogen-bond donors (Lipinski definition) is 2. The van der Waals surface area contributed by atoms with Crippen LogP contribution in [0.5, 0.6) is 0 Å². The molecule has 0 amide bonds. The van der Waals surface area contributed by atoms with E-state index in [0.717, 1.165) is 22.3 Å². The fourth-order valence-corrected chi connectivity index (χ4v) is 1.85. The van der Waals surface area contributed by atoms with Gasteiger partial charge in [0.2, 0.25) is 0 Å². The van der Waals surface area contributed by atoms with Crippen molar-refractivity contribution in [2.75, 3.05) is 0 Å². The van der Waals surface area contributed by atoms with E-state index < -0.39 is 11.9 Å². The Morgan fingerprint density at radius 2 is 0.962 bits per heavy atom. The smallest absolute Gasteiger partial charge is 0.307 e. The highest BCUT2D eigenvalue weighted by Crippen LogP contribution is 2.04. The van der Waals surface area contributed by atoms with Crippen LogP contribution in [0.15, 0.2) is 83.1 Å². The van der Waals surface area contributed by atoms with Crippen LogP contribution in [0.25, 0.3) is 0 Å². The standard InChI is InChI=1S/C22H28O4/c1-17(11-7-13-19(3)15-21(23)24)9-5-6-10-18(2)12-8-14-20(4)16-22(25)26/h5-14H,15-16H2,1-4H3,(H,23,24)(H,25,26)/b6-5+,11-7+,12-8+,17-9+,18-10+,19-13+,20-14+. The lowest BCUT2D eigenvalue weighted by molar-refractivity contribution is -0.137. The van der Waals surface area contributed by atoms with Gasteiger partial charge in [-0.05, 0) is 27.7 Å². The summed E-state index contributed by atoms with van der Waals surface area (Å²) in [6, 6.07) is 0. The van der Waals surface area contributed by atoms with Crippen LogP contribution in [0, 0.1) is 0 Å². The predicted octanol–water partition coefficient (Wildman–Crippen LogP) is 5.39. The van der Waals surface area contributed by atoms with E-state index >= 15 is 0 Å². The van der Waals surface area contributed by atoms with Crippen LogP contribution in [-0.4, -0.2) is 22.2 Å². The molecule has 4 nitrogen and oxygen atoms in total. The fraction of sp³-hybridized carbons (Fsp3) is 0.273. The molecule has 0 heterocycles. The van der Waals surface area contributed by atoms with E-state index in [2.05, 4.69) is 0 Å². The molecule has 0 atom stereocenters. The Hall–Kier alpha value is -2.88. The first-order valence-corrected chi connectivity index (χ1v) is 8.34. The maximum atomic E-state index is 10.6. The summed E-state index contributed by atoms with van der Waals surface area (Å²) in [5.41, 5.74) is 3.70. The van der Waals surface area contributed by atoms with Crippen molar-refractivity contribution in [1.29, 1.82) is 0 Å². The molecule has 0 rings (SSSR count). The molecule has 26 heavy (non-hydrogen) atoms. The highest BCUT2D eigenvalue weighted by atomic mass is 16.4. The molecule has 0 aliphatic rings. The Kier molecular flexibility index (Phi) is 11.9. The molecule has 4 heteroatoms. The zero-order valence-electron chi connectivity index (χ0n) is 15.9. The minimum absolute atomic E-state index is 0.0512. The summed E-state index contributed by atoms with van der Waals surface area (Å²) in [6.45, 7) is 7.51. The van der Waals surface area contributed by atoms with Gasteiger partial charge < -0.3 is 10.2 Å². The first-order valence-electron chi connectivity index (χ1n) is 8.34. The second-order valence-corrected chi connectivity index (χ2v) is 6.09. The molecule has 0 bridgehead atoms. The molecule has 0 aromatic rings. The van der Waals surface area contributed by atoms with Gasteiger partial charge in [0, 0.05) is 0 Å². The van der Waals surface area contributed by atoms with E-state index in [-0.39, 0.29) is 12.8 Å². The third-order valence-corrected chi connectivity index (χ3v) is 3.17. The molecule has 0 spiro atoms. The van der Waals surface area contributed by atoms with Crippen molar-refractivity contribution in [2.24, 2.45) is 0 Å². The third kappa shape index (κ3) is 14.7. The minimum Gasteiger partial charge on any atom is -0.481 e. The van der Waals surface area contributed by atoms with Crippen LogP contribution in [0.2, 0.25) is 0 Å². The Morgan fingerprint density at radius 3 is 1.27 bits per heavy atom. The number of allylic oxidation sites excluding steroid dienone is 12. The summed E-state index contributed by atoms with van der Waals surface area (Å²) in [5, 5.41) is 17.3. The summed E-state index contributed by atoms with van der Waals surface area (Å²) in [7, 11) is 0. The van der Waals surface area contributed by atoms with Gasteiger partial charge in [0.15, 0.2) is 0 Å². The number of carboxylic acid groups (broad SMARTS) is 2. The van der Waals surface area contributed by atoms with Crippen molar-refractivity contribution in [1.82, 2.24) is 0 Å².